The fourth-order valence-corrected chi connectivity index (χ4v) is 3.06. The number of fused-ring (bicyclic) bond motifs is 1. The van der Waals surface area contributed by atoms with Crippen LogP contribution in [0.3, 0.4) is 0 Å². The number of nitriles is 1. The molecule has 2 aromatic heterocycles. The lowest BCUT2D eigenvalue weighted by atomic mass is 10.0. The Hall–Kier alpha value is -1.65. The maximum absolute atomic E-state index is 14.1. The van der Waals surface area contributed by atoms with E-state index in [1.54, 1.807) is 12.3 Å². The van der Waals surface area contributed by atoms with Gasteiger partial charge in [-0.15, -0.1) is 0 Å². The molecule has 5 nitrogen and oxygen atoms in total. The molecule has 1 N–H and O–H groups in total. The van der Waals surface area contributed by atoms with E-state index in [1.165, 1.54) is 0 Å². The van der Waals surface area contributed by atoms with E-state index in [0.717, 1.165) is 18.4 Å². The van der Waals surface area contributed by atoms with Crippen LogP contribution >= 0.6 is 15.9 Å². The van der Waals surface area contributed by atoms with Crippen LogP contribution in [0, 0.1) is 11.3 Å². The van der Waals surface area contributed by atoms with Crippen LogP contribution in [0.1, 0.15) is 12.2 Å². The van der Waals surface area contributed by atoms with Crippen molar-refractivity contribution in [2.24, 2.45) is 0 Å². The smallest absolute Gasteiger partial charge is 0.204 e. The Morgan fingerprint density at radius 3 is 3.14 bits per heavy atom. The molecule has 21 heavy (non-hydrogen) atoms. The molecule has 0 saturated carbocycles. The Morgan fingerprint density at radius 2 is 2.43 bits per heavy atom. The molecule has 1 unspecified atom stereocenters. The number of furan rings is 1. The van der Waals surface area contributed by atoms with Gasteiger partial charge in [0.2, 0.25) is 5.76 Å². The summed E-state index contributed by atoms with van der Waals surface area (Å²) < 4.78 is 20.1. The van der Waals surface area contributed by atoms with Gasteiger partial charge in [0, 0.05) is 24.5 Å². The topological polar surface area (TPSA) is 65.1 Å². The van der Waals surface area contributed by atoms with Crippen molar-refractivity contribution in [1.82, 2.24) is 9.88 Å². The van der Waals surface area contributed by atoms with Gasteiger partial charge in [-0.25, -0.2) is 9.37 Å². The highest BCUT2D eigenvalue weighted by molar-refractivity contribution is 9.10. The van der Waals surface area contributed by atoms with E-state index < -0.39 is 6.17 Å². The third kappa shape index (κ3) is 2.74. The number of halogens is 2. The number of alkyl halides is 1. The largest absolute Gasteiger partial charge is 0.444 e. The standard InChI is InChI=1S/C14H14BrFN4O/c1-20-3-2-11(10(16)7-20)19-14-13(15)9-4-8(5-17)21-12(9)6-18-14/h4,6,10-11H,2-3,7H2,1H3,(H,18,19)/t10-,11?/m0/s1. The average molecular weight is 353 g/mol. The first-order valence-electron chi connectivity index (χ1n) is 6.66. The van der Waals surface area contributed by atoms with Gasteiger partial charge in [-0.05, 0) is 29.4 Å². The highest BCUT2D eigenvalue weighted by Gasteiger charge is 2.28. The van der Waals surface area contributed by atoms with Crippen molar-refractivity contribution in [2.45, 2.75) is 18.6 Å². The summed E-state index contributed by atoms with van der Waals surface area (Å²) >= 11 is 3.46. The Balaban J connectivity index is 1.87. The molecule has 1 saturated heterocycles. The number of nitrogens with zero attached hydrogens (tertiary/aromatic N) is 3. The molecule has 1 fully saturated rings. The van der Waals surface area contributed by atoms with Crippen molar-refractivity contribution in [3.63, 3.8) is 0 Å². The Kier molecular flexibility index (Phi) is 3.83. The van der Waals surface area contributed by atoms with E-state index in [2.05, 4.69) is 26.2 Å². The number of nitrogens with one attached hydrogen (secondary N) is 1. The number of hydrogen-bond donors (Lipinski definition) is 1. The van der Waals surface area contributed by atoms with E-state index in [0.29, 0.717) is 22.4 Å². The molecule has 0 aliphatic carbocycles. The van der Waals surface area contributed by atoms with E-state index >= 15 is 0 Å². The van der Waals surface area contributed by atoms with Crippen LogP contribution in [0.2, 0.25) is 0 Å². The van der Waals surface area contributed by atoms with Gasteiger partial charge in [0.1, 0.15) is 18.1 Å². The molecule has 2 atom stereocenters. The predicted octanol–water partition coefficient (Wildman–Crippen LogP) is 2.92. The van der Waals surface area contributed by atoms with Crippen molar-refractivity contribution < 1.29 is 8.81 Å². The minimum atomic E-state index is -0.938. The number of likely N-dealkylation sites (tertiary alicyclic amines) is 1. The van der Waals surface area contributed by atoms with Gasteiger partial charge in [0.25, 0.3) is 0 Å². The number of anilines is 1. The third-order valence-electron chi connectivity index (χ3n) is 3.69. The van der Waals surface area contributed by atoms with Gasteiger partial charge >= 0.3 is 0 Å². The fourth-order valence-electron chi connectivity index (χ4n) is 2.53. The molecule has 0 radical (unpaired) electrons. The maximum atomic E-state index is 14.1. The van der Waals surface area contributed by atoms with Gasteiger partial charge < -0.3 is 14.6 Å². The molecule has 3 heterocycles. The molecule has 0 bridgehead atoms. The van der Waals surface area contributed by atoms with Gasteiger partial charge in [0.05, 0.1) is 16.7 Å². The molecule has 0 amide bonds. The molecule has 7 heteroatoms. The highest BCUT2D eigenvalue weighted by Crippen LogP contribution is 2.32. The van der Waals surface area contributed by atoms with Crippen molar-refractivity contribution in [3.8, 4) is 6.07 Å². The summed E-state index contributed by atoms with van der Waals surface area (Å²) in [4.78, 5) is 6.24. The summed E-state index contributed by atoms with van der Waals surface area (Å²) in [7, 11) is 1.91. The Labute approximate surface area is 129 Å². The number of hydrogen-bond acceptors (Lipinski definition) is 5. The highest BCUT2D eigenvalue weighted by atomic mass is 79.9. The van der Waals surface area contributed by atoms with Crippen molar-refractivity contribution in [1.29, 1.82) is 5.26 Å². The minimum Gasteiger partial charge on any atom is -0.444 e. The van der Waals surface area contributed by atoms with Crippen LogP contribution in [-0.4, -0.2) is 42.2 Å². The van der Waals surface area contributed by atoms with E-state index in [4.69, 9.17) is 9.68 Å². The van der Waals surface area contributed by atoms with Crippen LogP contribution in [0.4, 0.5) is 10.2 Å². The summed E-state index contributed by atoms with van der Waals surface area (Å²) in [6.07, 6.45) is 1.33. The van der Waals surface area contributed by atoms with Crippen LogP contribution in [0.5, 0.6) is 0 Å². The SMILES string of the molecule is CN1CCC(Nc2ncc3oc(C#N)cc3c2Br)[C@@H](F)C1. The Bertz CT molecular complexity index is 711. The molecule has 0 spiro atoms. The predicted molar refractivity (Wildman–Crippen MR) is 80.8 cm³/mol. The normalized spacial score (nSPS) is 23.1. The fraction of sp³-hybridized carbons (Fsp3) is 0.429. The molecular formula is C14H14BrFN4O. The lowest BCUT2D eigenvalue weighted by Gasteiger charge is -2.33. The summed E-state index contributed by atoms with van der Waals surface area (Å²) in [5.41, 5.74) is 0.532. The van der Waals surface area contributed by atoms with E-state index in [1.807, 2.05) is 18.0 Å². The molecule has 1 aliphatic rings. The first-order chi connectivity index (χ1) is 10.1. The molecule has 1 aliphatic heterocycles. The molecule has 2 aromatic rings. The summed E-state index contributed by atoms with van der Waals surface area (Å²) in [5.74, 6) is 0.803. The summed E-state index contributed by atoms with van der Waals surface area (Å²) in [5, 5.41) is 12.8. The monoisotopic (exact) mass is 352 g/mol. The summed E-state index contributed by atoms with van der Waals surface area (Å²) in [6.45, 7) is 1.27. The Morgan fingerprint density at radius 1 is 1.62 bits per heavy atom. The van der Waals surface area contributed by atoms with Gasteiger partial charge in [-0.1, -0.05) is 0 Å². The zero-order valence-electron chi connectivity index (χ0n) is 11.4. The lowest BCUT2D eigenvalue weighted by Crippen LogP contribution is -2.46. The molecule has 3 rings (SSSR count). The van der Waals surface area contributed by atoms with Crippen LogP contribution in [-0.2, 0) is 0 Å². The van der Waals surface area contributed by atoms with E-state index in [9.17, 15) is 4.39 Å². The zero-order chi connectivity index (χ0) is 15.0. The van der Waals surface area contributed by atoms with Crippen LogP contribution < -0.4 is 5.32 Å². The second-order valence-corrected chi connectivity index (χ2v) is 6.03. The number of pyridine rings is 1. The van der Waals surface area contributed by atoms with Crippen molar-refractivity contribution in [2.75, 3.05) is 25.5 Å². The lowest BCUT2D eigenvalue weighted by molar-refractivity contribution is 0.149. The van der Waals surface area contributed by atoms with Gasteiger partial charge in [-0.2, -0.15) is 5.26 Å². The first kappa shape index (κ1) is 14.3. The van der Waals surface area contributed by atoms with Gasteiger partial charge in [-0.3, -0.25) is 0 Å². The van der Waals surface area contributed by atoms with Crippen molar-refractivity contribution in [3.05, 3.63) is 22.5 Å². The zero-order valence-corrected chi connectivity index (χ0v) is 13.0. The average Bonchev–Trinajstić information content (AvgIpc) is 2.88. The number of rotatable bonds is 2. The van der Waals surface area contributed by atoms with Crippen molar-refractivity contribution >= 4 is 32.7 Å². The third-order valence-corrected chi connectivity index (χ3v) is 4.50. The van der Waals surface area contributed by atoms with Crippen LogP contribution in [0.15, 0.2) is 21.2 Å². The number of aromatic nitrogens is 1. The van der Waals surface area contributed by atoms with Crippen LogP contribution in [0.25, 0.3) is 11.0 Å². The molecule has 0 aromatic carbocycles. The minimum absolute atomic E-state index is 0.229. The second kappa shape index (κ2) is 5.62. The maximum Gasteiger partial charge on any atom is 0.204 e. The van der Waals surface area contributed by atoms with E-state index in [-0.39, 0.29) is 11.8 Å². The number of piperidine rings is 1. The van der Waals surface area contributed by atoms with Gasteiger partial charge in [0.15, 0.2) is 5.58 Å². The first-order valence-corrected chi connectivity index (χ1v) is 7.45. The molecule has 110 valence electrons. The quantitative estimate of drug-likeness (QED) is 0.899. The summed E-state index contributed by atoms with van der Waals surface area (Å²) in [6, 6.07) is 3.34. The molecular weight excluding hydrogens is 339 g/mol. The second-order valence-electron chi connectivity index (χ2n) is 5.24.